The Labute approximate surface area is 158 Å². The molecule has 1 saturated heterocycles. The molecule has 3 rings (SSSR count). The van der Waals surface area contributed by atoms with Gasteiger partial charge >= 0.3 is 0 Å². The van der Waals surface area contributed by atoms with E-state index in [2.05, 4.69) is 10.0 Å². The molecule has 0 radical (unpaired) electrons. The molecule has 1 aliphatic heterocycles. The second-order valence-corrected chi connectivity index (χ2v) is 10.5. The van der Waals surface area contributed by atoms with Gasteiger partial charge in [0.25, 0.3) is 5.91 Å². The molecule has 1 heterocycles. The predicted molar refractivity (Wildman–Crippen MR) is 103 cm³/mol. The van der Waals surface area contributed by atoms with E-state index in [0.717, 1.165) is 5.56 Å². The largest absolute Gasteiger partial charge is 0.322 e. The summed E-state index contributed by atoms with van der Waals surface area (Å²) < 4.78 is 50.6. The van der Waals surface area contributed by atoms with Gasteiger partial charge in [-0.25, -0.2) is 21.6 Å². The van der Waals surface area contributed by atoms with Gasteiger partial charge in [-0.1, -0.05) is 24.3 Å². The average Bonchev–Trinajstić information content (AvgIpc) is 2.95. The van der Waals surface area contributed by atoms with Crippen molar-refractivity contribution in [1.29, 1.82) is 0 Å². The maximum absolute atomic E-state index is 12.5. The van der Waals surface area contributed by atoms with Gasteiger partial charge in [0.15, 0.2) is 9.84 Å². The van der Waals surface area contributed by atoms with Crippen LogP contribution in [0.25, 0.3) is 0 Å². The average molecular weight is 409 g/mol. The minimum absolute atomic E-state index is 0.0287. The SMILES string of the molecule is Cc1ccccc1NC(=O)c1cccc(S(=O)(=O)NC2CCS(=O)(=O)C2)c1. The van der Waals surface area contributed by atoms with Crippen molar-refractivity contribution in [2.75, 3.05) is 16.8 Å². The minimum Gasteiger partial charge on any atom is -0.322 e. The van der Waals surface area contributed by atoms with Crippen LogP contribution in [-0.4, -0.2) is 40.3 Å². The predicted octanol–water partition coefficient (Wildman–Crippen LogP) is 1.71. The molecule has 1 fully saturated rings. The highest BCUT2D eigenvalue weighted by Crippen LogP contribution is 2.19. The van der Waals surface area contributed by atoms with Crippen LogP contribution in [0.3, 0.4) is 0 Å². The van der Waals surface area contributed by atoms with E-state index in [4.69, 9.17) is 0 Å². The lowest BCUT2D eigenvalue weighted by molar-refractivity contribution is 0.102. The molecule has 144 valence electrons. The summed E-state index contributed by atoms with van der Waals surface area (Å²) in [4.78, 5) is 12.4. The number of carbonyl (C=O) groups excluding carboxylic acids is 1. The van der Waals surface area contributed by atoms with E-state index in [1.54, 1.807) is 12.1 Å². The van der Waals surface area contributed by atoms with Crippen LogP contribution in [0.5, 0.6) is 0 Å². The lowest BCUT2D eigenvalue weighted by Gasteiger charge is -2.13. The van der Waals surface area contributed by atoms with Gasteiger partial charge in [0, 0.05) is 17.3 Å². The van der Waals surface area contributed by atoms with Crippen LogP contribution in [0.2, 0.25) is 0 Å². The van der Waals surface area contributed by atoms with Crippen molar-refractivity contribution in [2.24, 2.45) is 0 Å². The summed E-state index contributed by atoms with van der Waals surface area (Å²) in [6.45, 7) is 1.86. The van der Waals surface area contributed by atoms with Gasteiger partial charge in [-0.2, -0.15) is 0 Å². The first-order valence-corrected chi connectivity index (χ1v) is 11.7. The zero-order chi connectivity index (χ0) is 19.7. The van der Waals surface area contributed by atoms with E-state index in [1.165, 1.54) is 24.3 Å². The van der Waals surface area contributed by atoms with Gasteiger partial charge in [-0.05, 0) is 43.2 Å². The smallest absolute Gasteiger partial charge is 0.255 e. The molecule has 1 aliphatic rings. The number of amides is 1. The zero-order valence-corrected chi connectivity index (χ0v) is 16.3. The molecule has 0 aliphatic carbocycles. The van der Waals surface area contributed by atoms with Gasteiger partial charge in [-0.15, -0.1) is 0 Å². The molecule has 27 heavy (non-hydrogen) atoms. The summed E-state index contributed by atoms with van der Waals surface area (Å²) in [6.07, 6.45) is 0.245. The lowest BCUT2D eigenvalue weighted by Crippen LogP contribution is -2.35. The fourth-order valence-electron chi connectivity index (χ4n) is 2.89. The topological polar surface area (TPSA) is 109 Å². The Balaban J connectivity index is 1.78. The fraction of sp³-hybridized carbons (Fsp3) is 0.278. The molecule has 1 atom stereocenters. The van der Waals surface area contributed by atoms with Crippen molar-refractivity contribution in [3.8, 4) is 0 Å². The van der Waals surface area contributed by atoms with Gasteiger partial charge in [0.2, 0.25) is 10.0 Å². The number of aryl methyl sites for hydroxylation is 1. The molecule has 2 aromatic carbocycles. The van der Waals surface area contributed by atoms with E-state index in [9.17, 15) is 21.6 Å². The Hall–Kier alpha value is -2.23. The maximum atomic E-state index is 12.5. The number of sulfone groups is 1. The van der Waals surface area contributed by atoms with Crippen LogP contribution in [-0.2, 0) is 19.9 Å². The number of carbonyl (C=O) groups is 1. The van der Waals surface area contributed by atoms with Gasteiger partial charge in [0.05, 0.1) is 16.4 Å². The monoisotopic (exact) mass is 408 g/mol. The van der Waals surface area contributed by atoms with E-state index in [-0.39, 0.29) is 28.4 Å². The standard InChI is InChI=1S/C18H20N2O5S2/c1-13-5-2-3-8-17(13)19-18(21)14-6-4-7-16(11-14)27(24,25)20-15-9-10-26(22,23)12-15/h2-8,11,15,20H,9-10,12H2,1H3,(H,19,21). The first kappa shape index (κ1) is 19.5. The fourth-order valence-corrected chi connectivity index (χ4v) is 5.98. The number of benzene rings is 2. The number of anilines is 1. The second kappa shape index (κ2) is 7.41. The van der Waals surface area contributed by atoms with Crippen LogP contribution < -0.4 is 10.0 Å². The van der Waals surface area contributed by atoms with Crippen molar-refractivity contribution >= 4 is 31.5 Å². The van der Waals surface area contributed by atoms with E-state index < -0.39 is 31.8 Å². The van der Waals surface area contributed by atoms with Crippen LogP contribution in [0.1, 0.15) is 22.3 Å². The molecule has 0 spiro atoms. The second-order valence-electron chi connectivity index (χ2n) is 6.52. The molecule has 9 heteroatoms. The third-order valence-electron chi connectivity index (χ3n) is 4.35. The van der Waals surface area contributed by atoms with Gasteiger partial charge in [-0.3, -0.25) is 4.79 Å². The normalized spacial score (nSPS) is 18.9. The molecule has 0 saturated carbocycles. The van der Waals surface area contributed by atoms with Crippen molar-refractivity contribution in [1.82, 2.24) is 4.72 Å². The number of hydrogen-bond donors (Lipinski definition) is 2. The Morgan fingerprint density at radius 3 is 2.52 bits per heavy atom. The molecular formula is C18H20N2O5S2. The molecule has 0 bridgehead atoms. The van der Waals surface area contributed by atoms with Crippen LogP contribution >= 0.6 is 0 Å². The molecular weight excluding hydrogens is 388 g/mol. The molecule has 1 amide bonds. The highest BCUT2D eigenvalue weighted by Gasteiger charge is 2.31. The molecule has 7 nitrogen and oxygen atoms in total. The number of rotatable bonds is 5. The molecule has 2 N–H and O–H groups in total. The Morgan fingerprint density at radius 2 is 1.85 bits per heavy atom. The molecule has 1 unspecified atom stereocenters. The first-order chi connectivity index (χ1) is 12.7. The van der Waals surface area contributed by atoms with Crippen molar-refractivity contribution in [2.45, 2.75) is 24.3 Å². The van der Waals surface area contributed by atoms with E-state index in [0.29, 0.717) is 5.69 Å². The summed E-state index contributed by atoms with van der Waals surface area (Å²) in [5, 5.41) is 2.76. The van der Waals surface area contributed by atoms with Crippen molar-refractivity contribution < 1.29 is 21.6 Å². The Bertz CT molecular complexity index is 1080. The molecule has 0 aromatic heterocycles. The maximum Gasteiger partial charge on any atom is 0.255 e. The number of nitrogens with one attached hydrogen (secondary N) is 2. The van der Waals surface area contributed by atoms with Crippen LogP contribution in [0.15, 0.2) is 53.4 Å². The number of sulfonamides is 1. The lowest BCUT2D eigenvalue weighted by atomic mass is 10.1. The minimum atomic E-state index is -3.93. The van der Waals surface area contributed by atoms with Crippen molar-refractivity contribution in [3.05, 3.63) is 59.7 Å². The van der Waals surface area contributed by atoms with Gasteiger partial charge in [0.1, 0.15) is 0 Å². The van der Waals surface area contributed by atoms with Crippen LogP contribution in [0, 0.1) is 6.92 Å². The Kier molecular flexibility index (Phi) is 5.36. The number of para-hydroxylation sites is 1. The van der Waals surface area contributed by atoms with E-state index in [1.807, 2.05) is 19.1 Å². The summed E-state index contributed by atoms with van der Waals surface area (Å²) >= 11 is 0. The third-order valence-corrected chi connectivity index (χ3v) is 7.64. The first-order valence-electron chi connectivity index (χ1n) is 8.36. The van der Waals surface area contributed by atoms with Crippen molar-refractivity contribution in [3.63, 3.8) is 0 Å². The highest BCUT2D eigenvalue weighted by atomic mass is 32.2. The quantitative estimate of drug-likeness (QED) is 0.783. The number of hydrogen-bond acceptors (Lipinski definition) is 5. The zero-order valence-electron chi connectivity index (χ0n) is 14.7. The summed E-state index contributed by atoms with van der Waals surface area (Å²) in [7, 11) is -7.13. The Morgan fingerprint density at radius 1 is 1.11 bits per heavy atom. The highest BCUT2D eigenvalue weighted by molar-refractivity contribution is 7.92. The third kappa shape index (κ3) is 4.74. The summed E-state index contributed by atoms with van der Waals surface area (Å²) in [5.41, 5.74) is 1.73. The summed E-state index contributed by atoms with van der Waals surface area (Å²) in [5.74, 6) is -0.663. The van der Waals surface area contributed by atoms with Gasteiger partial charge < -0.3 is 5.32 Å². The van der Waals surface area contributed by atoms with E-state index >= 15 is 0 Å². The molecule has 2 aromatic rings. The van der Waals surface area contributed by atoms with Crippen LogP contribution in [0.4, 0.5) is 5.69 Å². The summed E-state index contributed by atoms with van der Waals surface area (Å²) in [6, 6.07) is 12.3.